The topological polar surface area (TPSA) is 43.4 Å². The Labute approximate surface area is 120 Å². The van der Waals surface area contributed by atoms with Crippen molar-refractivity contribution in [3.63, 3.8) is 0 Å². The van der Waals surface area contributed by atoms with E-state index in [1.807, 2.05) is 55.5 Å². The SMILES string of the molecule is Cc1oc(-c2ccccc2)c2c(=O)oc3ccccc3c12. The zero-order valence-corrected chi connectivity index (χ0v) is 11.4. The molecule has 0 aliphatic heterocycles. The fourth-order valence-corrected chi connectivity index (χ4v) is 2.77. The molecule has 0 unspecified atom stereocenters. The lowest BCUT2D eigenvalue weighted by Crippen LogP contribution is -1.99. The summed E-state index contributed by atoms with van der Waals surface area (Å²) in [4.78, 5) is 12.4. The molecular formula is C18H12O3. The highest BCUT2D eigenvalue weighted by molar-refractivity contribution is 6.09. The fourth-order valence-electron chi connectivity index (χ4n) is 2.77. The minimum atomic E-state index is -0.362. The van der Waals surface area contributed by atoms with E-state index in [0.717, 1.165) is 22.1 Å². The lowest BCUT2D eigenvalue weighted by molar-refractivity contribution is 0.550. The van der Waals surface area contributed by atoms with Gasteiger partial charge >= 0.3 is 5.63 Å². The van der Waals surface area contributed by atoms with Crippen molar-refractivity contribution in [2.75, 3.05) is 0 Å². The molecule has 4 aromatic rings. The van der Waals surface area contributed by atoms with Gasteiger partial charge in [0.15, 0.2) is 0 Å². The molecule has 0 fully saturated rings. The van der Waals surface area contributed by atoms with Crippen molar-refractivity contribution in [2.45, 2.75) is 6.92 Å². The van der Waals surface area contributed by atoms with Crippen LogP contribution >= 0.6 is 0 Å². The summed E-state index contributed by atoms with van der Waals surface area (Å²) in [6.45, 7) is 1.88. The zero-order chi connectivity index (χ0) is 14.4. The van der Waals surface area contributed by atoms with Crippen molar-refractivity contribution in [3.8, 4) is 11.3 Å². The van der Waals surface area contributed by atoms with Gasteiger partial charge in [0.2, 0.25) is 0 Å². The Morgan fingerprint density at radius 2 is 1.52 bits per heavy atom. The monoisotopic (exact) mass is 276 g/mol. The van der Waals surface area contributed by atoms with E-state index in [1.165, 1.54) is 0 Å². The highest BCUT2D eigenvalue weighted by Crippen LogP contribution is 2.35. The largest absolute Gasteiger partial charge is 0.460 e. The average Bonchev–Trinajstić information content (AvgIpc) is 2.87. The van der Waals surface area contributed by atoms with Crippen LogP contribution in [0, 0.1) is 6.92 Å². The lowest BCUT2D eigenvalue weighted by atomic mass is 10.1. The van der Waals surface area contributed by atoms with Gasteiger partial charge in [0.1, 0.15) is 22.5 Å². The summed E-state index contributed by atoms with van der Waals surface area (Å²) in [6, 6.07) is 17.1. The van der Waals surface area contributed by atoms with Crippen LogP contribution in [0.2, 0.25) is 0 Å². The Hall–Kier alpha value is -2.81. The number of rotatable bonds is 1. The first kappa shape index (κ1) is 12.0. The summed E-state index contributed by atoms with van der Waals surface area (Å²) >= 11 is 0. The summed E-state index contributed by atoms with van der Waals surface area (Å²) < 4.78 is 11.3. The van der Waals surface area contributed by atoms with Gasteiger partial charge in [-0.15, -0.1) is 0 Å². The Bertz CT molecular complexity index is 1010. The van der Waals surface area contributed by atoms with Gasteiger partial charge in [-0.25, -0.2) is 4.79 Å². The van der Waals surface area contributed by atoms with Gasteiger partial charge in [0.05, 0.1) is 0 Å². The quantitative estimate of drug-likeness (QED) is 0.480. The number of para-hydroxylation sites is 1. The Morgan fingerprint density at radius 3 is 2.33 bits per heavy atom. The second-order valence-corrected chi connectivity index (χ2v) is 4.99. The molecule has 21 heavy (non-hydrogen) atoms. The van der Waals surface area contributed by atoms with Crippen LogP contribution in [0.25, 0.3) is 33.1 Å². The molecule has 0 amide bonds. The molecule has 0 radical (unpaired) electrons. The van der Waals surface area contributed by atoms with E-state index in [1.54, 1.807) is 6.07 Å². The standard InChI is InChI=1S/C18H12O3/c1-11-15-13-9-5-6-10-14(13)21-18(19)16(15)17(20-11)12-7-3-2-4-8-12/h2-10H,1H3. The number of furan rings is 1. The third-order valence-corrected chi connectivity index (χ3v) is 3.68. The highest BCUT2D eigenvalue weighted by Gasteiger charge is 2.19. The summed E-state index contributed by atoms with van der Waals surface area (Å²) in [5, 5.41) is 2.24. The first-order valence-corrected chi connectivity index (χ1v) is 6.76. The summed E-state index contributed by atoms with van der Waals surface area (Å²) in [5.41, 5.74) is 1.09. The molecule has 0 N–H and O–H groups in total. The second kappa shape index (κ2) is 4.35. The molecule has 0 aliphatic rings. The van der Waals surface area contributed by atoms with Gasteiger partial charge in [-0.3, -0.25) is 0 Å². The van der Waals surface area contributed by atoms with E-state index in [4.69, 9.17) is 8.83 Å². The Kier molecular flexibility index (Phi) is 2.48. The van der Waals surface area contributed by atoms with Crippen LogP contribution in [0.4, 0.5) is 0 Å². The van der Waals surface area contributed by atoms with Gasteiger partial charge in [0, 0.05) is 16.3 Å². The van der Waals surface area contributed by atoms with E-state index >= 15 is 0 Å². The number of fused-ring (bicyclic) bond motifs is 3. The number of hydrogen-bond acceptors (Lipinski definition) is 3. The number of benzene rings is 2. The van der Waals surface area contributed by atoms with Crippen LogP contribution in [0.1, 0.15) is 5.76 Å². The van der Waals surface area contributed by atoms with E-state index < -0.39 is 0 Å². The highest BCUT2D eigenvalue weighted by atomic mass is 16.4. The molecular weight excluding hydrogens is 264 g/mol. The molecule has 0 saturated carbocycles. The maximum atomic E-state index is 12.4. The van der Waals surface area contributed by atoms with E-state index in [9.17, 15) is 4.79 Å². The van der Waals surface area contributed by atoms with Crippen LogP contribution in [0.5, 0.6) is 0 Å². The third kappa shape index (κ3) is 1.71. The van der Waals surface area contributed by atoms with E-state index in [0.29, 0.717) is 16.7 Å². The first-order chi connectivity index (χ1) is 10.3. The predicted octanol–water partition coefficient (Wildman–Crippen LogP) is 4.51. The summed E-state index contributed by atoms with van der Waals surface area (Å²) in [6.07, 6.45) is 0. The van der Waals surface area contributed by atoms with Crippen molar-refractivity contribution < 1.29 is 8.83 Å². The fraction of sp³-hybridized carbons (Fsp3) is 0.0556. The molecule has 0 saturated heterocycles. The van der Waals surface area contributed by atoms with Gasteiger partial charge in [-0.05, 0) is 13.0 Å². The normalized spacial score (nSPS) is 11.3. The minimum absolute atomic E-state index is 0.362. The van der Waals surface area contributed by atoms with Crippen LogP contribution in [0.3, 0.4) is 0 Å². The number of hydrogen-bond donors (Lipinski definition) is 0. The van der Waals surface area contributed by atoms with Crippen LogP contribution in [-0.4, -0.2) is 0 Å². The maximum absolute atomic E-state index is 12.4. The summed E-state index contributed by atoms with van der Waals surface area (Å²) in [7, 11) is 0. The van der Waals surface area contributed by atoms with Crippen LogP contribution in [-0.2, 0) is 0 Å². The molecule has 2 aromatic heterocycles. The number of aryl methyl sites for hydroxylation is 1. The van der Waals surface area contributed by atoms with Crippen LogP contribution < -0.4 is 5.63 Å². The molecule has 102 valence electrons. The maximum Gasteiger partial charge on any atom is 0.348 e. The van der Waals surface area contributed by atoms with E-state index in [2.05, 4.69) is 0 Å². The molecule has 0 aliphatic carbocycles. The minimum Gasteiger partial charge on any atom is -0.460 e. The van der Waals surface area contributed by atoms with Crippen molar-refractivity contribution >= 4 is 21.7 Å². The smallest absolute Gasteiger partial charge is 0.348 e. The molecule has 3 nitrogen and oxygen atoms in total. The molecule has 0 spiro atoms. The second-order valence-electron chi connectivity index (χ2n) is 4.99. The molecule has 0 bridgehead atoms. The van der Waals surface area contributed by atoms with Gasteiger partial charge < -0.3 is 8.83 Å². The van der Waals surface area contributed by atoms with Crippen molar-refractivity contribution in [3.05, 3.63) is 70.8 Å². The van der Waals surface area contributed by atoms with Crippen molar-refractivity contribution in [1.29, 1.82) is 0 Å². The van der Waals surface area contributed by atoms with Crippen LogP contribution in [0.15, 0.2) is 68.2 Å². The summed E-state index contributed by atoms with van der Waals surface area (Å²) in [5.74, 6) is 1.30. The van der Waals surface area contributed by atoms with Gasteiger partial charge in [-0.1, -0.05) is 48.5 Å². The predicted molar refractivity (Wildman–Crippen MR) is 82.4 cm³/mol. The van der Waals surface area contributed by atoms with Gasteiger partial charge in [-0.2, -0.15) is 0 Å². The third-order valence-electron chi connectivity index (χ3n) is 3.68. The van der Waals surface area contributed by atoms with E-state index in [-0.39, 0.29) is 5.63 Å². The molecule has 0 atom stereocenters. The molecule has 2 heterocycles. The van der Waals surface area contributed by atoms with Crippen molar-refractivity contribution in [1.82, 2.24) is 0 Å². The van der Waals surface area contributed by atoms with Gasteiger partial charge in [0.25, 0.3) is 0 Å². The average molecular weight is 276 g/mol. The molecule has 2 aromatic carbocycles. The molecule has 4 rings (SSSR count). The Balaban J connectivity index is 2.22. The zero-order valence-electron chi connectivity index (χ0n) is 11.4. The van der Waals surface area contributed by atoms with Crippen molar-refractivity contribution in [2.24, 2.45) is 0 Å². The lowest BCUT2D eigenvalue weighted by Gasteiger charge is -1.99. The molecule has 3 heteroatoms. The first-order valence-electron chi connectivity index (χ1n) is 6.76. The Morgan fingerprint density at radius 1 is 0.810 bits per heavy atom.